The monoisotopic (exact) mass is 721 g/mol. The van der Waals surface area contributed by atoms with Gasteiger partial charge in [-0.05, 0) is 10.9 Å². The van der Waals surface area contributed by atoms with E-state index in [2.05, 4.69) is 80.0 Å². The average Bonchev–Trinajstić information content (AvgIpc) is 3.73. The zero-order valence-corrected chi connectivity index (χ0v) is 24.1. The molecule has 5 aromatic heterocycles. The number of nitrogens with zero attached hydrogens (tertiary/aromatic N) is 6. The first kappa shape index (κ1) is 24.6. The van der Waals surface area contributed by atoms with Crippen LogP contribution in [0.2, 0.25) is 0 Å². The van der Waals surface area contributed by atoms with Crippen molar-refractivity contribution in [2.45, 2.75) is 0 Å². The molecular weight excluding hydrogens is 703 g/mol. The Morgan fingerprint density at radius 1 is 0.595 bits per heavy atom. The zero-order valence-electron chi connectivity index (χ0n) is 21.8. The van der Waals surface area contributed by atoms with E-state index in [1.807, 2.05) is 53.5 Å². The maximum Gasteiger partial charge on any atom is 2.00 e. The van der Waals surface area contributed by atoms with E-state index in [0.29, 0.717) is 11.5 Å². The first-order chi connectivity index (χ1) is 20.3. The van der Waals surface area contributed by atoms with E-state index in [-0.39, 0.29) is 21.1 Å². The Bertz CT molecular complexity index is 2470. The van der Waals surface area contributed by atoms with E-state index in [9.17, 15) is 0 Å². The van der Waals surface area contributed by atoms with Gasteiger partial charge in [0.15, 0.2) is 0 Å². The fourth-order valence-electron chi connectivity index (χ4n) is 5.89. The molecule has 200 valence electrons. The zero-order chi connectivity index (χ0) is 26.9. The molecule has 0 unspecified atom stereocenters. The summed E-state index contributed by atoms with van der Waals surface area (Å²) in [5, 5.41) is 5.82. The van der Waals surface area contributed by atoms with Crippen molar-refractivity contribution in [1.29, 1.82) is 0 Å². The van der Waals surface area contributed by atoms with Crippen LogP contribution in [-0.2, 0) is 21.1 Å². The fraction of sp³-hybridized carbons (Fsp3) is 0. The van der Waals surface area contributed by atoms with Gasteiger partial charge in [0.05, 0.1) is 11.3 Å². The number of benzene rings is 4. The minimum absolute atomic E-state index is 0. The van der Waals surface area contributed by atoms with Crippen molar-refractivity contribution in [3.63, 3.8) is 0 Å². The van der Waals surface area contributed by atoms with Crippen LogP contribution in [0.3, 0.4) is 0 Å². The van der Waals surface area contributed by atoms with E-state index >= 15 is 0 Å². The van der Waals surface area contributed by atoms with Crippen LogP contribution < -0.4 is 4.74 Å². The summed E-state index contributed by atoms with van der Waals surface area (Å²) in [6, 6.07) is 31.7. The molecule has 7 nitrogen and oxygen atoms in total. The van der Waals surface area contributed by atoms with Gasteiger partial charge in [-0.25, -0.2) is 9.97 Å². The van der Waals surface area contributed by atoms with Crippen LogP contribution in [0.15, 0.2) is 110 Å². The number of aromatic nitrogens is 6. The van der Waals surface area contributed by atoms with Crippen LogP contribution >= 0.6 is 0 Å². The summed E-state index contributed by atoms with van der Waals surface area (Å²) in [6.45, 7) is 0. The molecule has 0 radical (unpaired) electrons. The molecule has 0 aliphatic rings. The molecule has 0 saturated heterocycles. The van der Waals surface area contributed by atoms with Crippen molar-refractivity contribution in [3.05, 3.63) is 122 Å². The molecule has 0 N–H and O–H groups in total. The molecule has 0 aliphatic carbocycles. The maximum absolute atomic E-state index is 6.35. The van der Waals surface area contributed by atoms with Gasteiger partial charge in [-0.15, -0.1) is 12.1 Å². The second kappa shape index (κ2) is 9.47. The molecule has 0 spiro atoms. The summed E-state index contributed by atoms with van der Waals surface area (Å²) in [5.74, 6) is 1.15. The Labute approximate surface area is 253 Å². The second-order valence-electron chi connectivity index (χ2n) is 9.89. The van der Waals surface area contributed by atoms with Gasteiger partial charge in [0.1, 0.15) is 12.0 Å². The first-order valence-corrected chi connectivity index (χ1v) is 13.2. The van der Waals surface area contributed by atoms with Gasteiger partial charge in [-0.3, -0.25) is 9.97 Å². The standard InChI is InChI=1S/C34H18N6O.Pt/c1-2-5-21(6-3-1)24-7-4-8-27-25-11-9-22(17-28(25)32-36-13-15-39(32)31(24)27)41-23-10-12-26-29(18-23)33-37-14-16-40(33)34-30(26)19-35-20-38-34;/h1-16,19-20H;/q-2;+2. The number of rotatable bonds is 3. The van der Waals surface area contributed by atoms with Crippen LogP contribution in [0.4, 0.5) is 0 Å². The van der Waals surface area contributed by atoms with Gasteiger partial charge in [-0.1, -0.05) is 94.3 Å². The van der Waals surface area contributed by atoms with Crippen molar-refractivity contribution in [2.24, 2.45) is 0 Å². The van der Waals surface area contributed by atoms with E-state index < -0.39 is 0 Å². The number of fused-ring (bicyclic) bond motifs is 12. The van der Waals surface area contributed by atoms with E-state index in [1.54, 1.807) is 12.5 Å². The third-order valence-corrected chi connectivity index (χ3v) is 7.65. The van der Waals surface area contributed by atoms with Crippen LogP contribution in [0.5, 0.6) is 11.5 Å². The molecule has 42 heavy (non-hydrogen) atoms. The summed E-state index contributed by atoms with van der Waals surface area (Å²) in [7, 11) is 0. The minimum Gasteiger partial charge on any atom is -0.497 e. The third-order valence-electron chi connectivity index (χ3n) is 7.65. The number of hydrogen-bond donors (Lipinski definition) is 0. The molecule has 4 aromatic carbocycles. The number of imidazole rings is 2. The molecule has 9 aromatic rings. The number of hydrogen-bond acceptors (Lipinski definition) is 5. The minimum atomic E-state index is 0. The first-order valence-electron chi connectivity index (χ1n) is 13.2. The molecule has 5 heterocycles. The quantitative estimate of drug-likeness (QED) is 0.140. The van der Waals surface area contributed by atoms with Crippen molar-refractivity contribution >= 4 is 54.8 Å². The Kier molecular flexibility index (Phi) is 5.56. The van der Waals surface area contributed by atoms with E-state index in [4.69, 9.17) is 9.72 Å². The van der Waals surface area contributed by atoms with E-state index in [0.717, 1.165) is 65.9 Å². The fourth-order valence-corrected chi connectivity index (χ4v) is 5.89. The van der Waals surface area contributed by atoms with Gasteiger partial charge in [0.25, 0.3) is 0 Å². The van der Waals surface area contributed by atoms with Crippen molar-refractivity contribution < 1.29 is 25.8 Å². The molecule has 0 amide bonds. The molecule has 0 atom stereocenters. The average molecular weight is 722 g/mol. The summed E-state index contributed by atoms with van der Waals surface area (Å²) in [6.07, 6.45) is 10.9. The van der Waals surface area contributed by atoms with Crippen molar-refractivity contribution in [3.8, 4) is 22.6 Å². The molecule has 8 heteroatoms. The van der Waals surface area contributed by atoms with Crippen molar-refractivity contribution in [2.75, 3.05) is 0 Å². The maximum atomic E-state index is 6.35. The van der Waals surface area contributed by atoms with Crippen LogP contribution in [0.1, 0.15) is 0 Å². The third kappa shape index (κ3) is 3.57. The molecular formula is C34H18N6OPt. The van der Waals surface area contributed by atoms with Gasteiger partial charge in [0.2, 0.25) is 0 Å². The predicted octanol–water partition coefficient (Wildman–Crippen LogP) is 7.44. The summed E-state index contributed by atoms with van der Waals surface area (Å²) in [5.41, 5.74) is 5.82. The van der Waals surface area contributed by atoms with Crippen molar-refractivity contribution in [1.82, 2.24) is 28.7 Å². The molecule has 0 bridgehead atoms. The SMILES string of the molecule is [Pt+2].[c-]1c(Oc2[c-]c3c(cc2)c2cccc(-c4ccccc4)c2n2ccnc32)ccc2c1c1nccn1c1ncncc21. The smallest absolute Gasteiger partial charge is 0.497 e. The molecule has 0 saturated carbocycles. The largest absolute Gasteiger partial charge is 2.00 e. The van der Waals surface area contributed by atoms with Gasteiger partial charge in [0, 0.05) is 58.9 Å². The summed E-state index contributed by atoms with van der Waals surface area (Å²) < 4.78 is 10.4. The topological polar surface area (TPSA) is 69.6 Å². The summed E-state index contributed by atoms with van der Waals surface area (Å²) >= 11 is 0. The second-order valence-corrected chi connectivity index (χ2v) is 9.89. The van der Waals surface area contributed by atoms with Crippen LogP contribution in [-0.4, -0.2) is 28.7 Å². The van der Waals surface area contributed by atoms with Gasteiger partial charge >= 0.3 is 21.1 Å². The Morgan fingerprint density at radius 3 is 2.05 bits per heavy atom. The molecule has 9 rings (SSSR count). The van der Waals surface area contributed by atoms with Crippen LogP contribution in [0, 0.1) is 12.1 Å². The number of ether oxygens (including phenoxy) is 1. The molecule has 0 aliphatic heterocycles. The normalized spacial score (nSPS) is 11.6. The van der Waals surface area contributed by atoms with Gasteiger partial charge in [-0.2, -0.15) is 0 Å². The van der Waals surface area contributed by atoms with E-state index in [1.165, 1.54) is 0 Å². The Morgan fingerprint density at radius 2 is 1.29 bits per heavy atom. The molecule has 0 fully saturated rings. The number of para-hydroxylation sites is 1. The van der Waals surface area contributed by atoms with Crippen LogP contribution in [0.25, 0.3) is 65.9 Å². The predicted molar refractivity (Wildman–Crippen MR) is 159 cm³/mol. The Hall–Kier alpha value is -5.13. The van der Waals surface area contributed by atoms with Gasteiger partial charge < -0.3 is 13.5 Å². The Balaban J connectivity index is 0.00000267. The number of pyridine rings is 2. The summed E-state index contributed by atoms with van der Waals surface area (Å²) in [4.78, 5) is 18.0.